The van der Waals surface area contributed by atoms with Crippen LogP contribution in [0.3, 0.4) is 0 Å². The zero-order valence-corrected chi connectivity index (χ0v) is 14.5. The Balaban J connectivity index is 1.62. The van der Waals surface area contributed by atoms with Crippen LogP contribution in [0.5, 0.6) is 0 Å². The van der Waals surface area contributed by atoms with Crippen LogP contribution < -0.4 is 5.32 Å². The summed E-state index contributed by atoms with van der Waals surface area (Å²) in [6, 6.07) is 9.17. The van der Waals surface area contributed by atoms with E-state index in [0.29, 0.717) is 24.6 Å². The number of carbonyl (C=O) groups excluding carboxylic acids is 2. The molecule has 7 heteroatoms. The number of piperidine rings is 1. The molecule has 1 aromatic heterocycles. The van der Waals surface area contributed by atoms with Crippen LogP contribution >= 0.6 is 0 Å². The fourth-order valence-electron chi connectivity index (χ4n) is 2.94. The summed E-state index contributed by atoms with van der Waals surface area (Å²) in [6.45, 7) is 5.09. The molecule has 1 fully saturated rings. The lowest BCUT2D eigenvalue weighted by Gasteiger charge is -2.31. The summed E-state index contributed by atoms with van der Waals surface area (Å²) in [5.74, 6) is 0.826. The second kappa shape index (κ2) is 7.46. The van der Waals surface area contributed by atoms with E-state index in [9.17, 15) is 9.59 Å². The third-order valence-electron chi connectivity index (χ3n) is 4.38. The molecule has 1 saturated heterocycles. The topological polar surface area (TPSA) is 91.0 Å². The standard InChI is InChI=1S/C18H23N5O2/c1-12(2)15-19-18(22-21-15)20-16(24)14-9-6-10-23(11-14)17(25)13-7-4-3-5-8-13/h3-5,7-8,12,14H,6,9-11H2,1-2H3,(H2,19,20,21,22,24)/t14-/m1/s1. The van der Waals surface area contributed by atoms with Gasteiger partial charge in [0.05, 0.1) is 5.92 Å². The van der Waals surface area contributed by atoms with Gasteiger partial charge in [-0.05, 0) is 25.0 Å². The summed E-state index contributed by atoms with van der Waals surface area (Å²) < 4.78 is 0. The fourth-order valence-corrected chi connectivity index (χ4v) is 2.94. The lowest BCUT2D eigenvalue weighted by atomic mass is 9.96. The summed E-state index contributed by atoms with van der Waals surface area (Å²) in [7, 11) is 0. The summed E-state index contributed by atoms with van der Waals surface area (Å²) in [5, 5.41) is 9.60. The van der Waals surface area contributed by atoms with E-state index in [1.807, 2.05) is 32.0 Å². The van der Waals surface area contributed by atoms with Gasteiger partial charge in [-0.15, -0.1) is 5.10 Å². The highest BCUT2D eigenvalue weighted by Gasteiger charge is 2.29. The highest BCUT2D eigenvalue weighted by Crippen LogP contribution is 2.20. The van der Waals surface area contributed by atoms with E-state index in [-0.39, 0.29) is 23.7 Å². The summed E-state index contributed by atoms with van der Waals surface area (Å²) >= 11 is 0. The Morgan fingerprint density at radius 2 is 2.04 bits per heavy atom. The van der Waals surface area contributed by atoms with Crippen LogP contribution in [0.4, 0.5) is 5.95 Å². The molecule has 0 unspecified atom stereocenters. The average Bonchev–Trinajstić information content (AvgIpc) is 3.11. The highest BCUT2D eigenvalue weighted by atomic mass is 16.2. The Bertz CT molecular complexity index is 741. The van der Waals surface area contributed by atoms with Gasteiger partial charge in [0, 0.05) is 24.6 Å². The number of rotatable bonds is 4. The van der Waals surface area contributed by atoms with E-state index in [4.69, 9.17) is 0 Å². The largest absolute Gasteiger partial charge is 0.338 e. The molecule has 0 bridgehead atoms. The first-order valence-electron chi connectivity index (χ1n) is 8.62. The van der Waals surface area contributed by atoms with Crippen molar-refractivity contribution in [2.45, 2.75) is 32.6 Å². The average molecular weight is 341 g/mol. The third kappa shape index (κ3) is 4.04. The van der Waals surface area contributed by atoms with Gasteiger partial charge in [0.2, 0.25) is 11.9 Å². The number of hydrogen-bond donors (Lipinski definition) is 2. The molecular weight excluding hydrogens is 318 g/mol. The first-order chi connectivity index (χ1) is 12.0. The predicted octanol–water partition coefficient (Wildman–Crippen LogP) is 2.42. The molecule has 1 aliphatic heterocycles. The van der Waals surface area contributed by atoms with Crippen molar-refractivity contribution >= 4 is 17.8 Å². The van der Waals surface area contributed by atoms with Gasteiger partial charge in [-0.3, -0.25) is 20.0 Å². The number of amides is 2. The van der Waals surface area contributed by atoms with Crippen LogP contribution in [-0.4, -0.2) is 45.0 Å². The molecule has 0 radical (unpaired) electrons. The van der Waals surface area contributed by atoms with Crippen LogP contribution in [0.1, 0.15) is 48.8 Å². The molecule has 0 aliphatic carbocycles. The zero-order chi connectivity index (χ0) is 17.8. The van der Waals surface area contributed by atoms with Crippen LogP contribution in [-0.2, 0) is 4.79 Å². The van der Waals surface area contributed by atoms with E-state index < -0.39 is 0 Å². The molecule has 2 heterocycles. The smallest absolute Gasteiger partial charge is 0.253 e. The number of carbonyl (C=O) groups is 2. The van der Waals surface area contributed by atoms with E-state index in [2.05, 4.69) is 20.5 Å². The quantitative estimate of drug-likeness (QED) is 0.893. The highest BCUT2D eigenvalue weighted by molar-refractivity contribution is 5.95. The van der Waals surface area contributed by atoms with Crippen molar-refractivity contribution in [2.75, 3.05) is 18.4 Å². The van der Waals surface area contributed by atoms with E-state index in [1.54, 1.807) is 17.0 Å². The van der Waals surface area contributed by atoms with Gasteiger partial charge in [-0.1, -0.05) is 32.0 Å². The molecule has 25 heavy (non-hydrogen) atoms. The SMILES string of the molecule is CC(C)c1nc(NC(=O)[C@@H]2CCCN(C(=O)c3ccccc3)C2)n[nH]1. The molecule has 2 amide bonds. The van der Waals surface area contributed by atoms with Gasteiger partial charge >= 0.3 is 0 Å². The Kier molecular flexibility index (Phi) is 5.11. The number of likely N-dealkylation sites (tertiary alicyclic amines) is 1. The van der Waals surface area contributed by atoms with Crippen molar-refractivity contribution in [1.29, 1.82) is 0 Å². The molecule has 1 aromatic carbocycles. The summed E-state index contributed by atoms with van der Waals surface area (Å²) in [5.41, 5.74) is 0.652. The molecular formula is C18H23N5O2. The maximum atomic E-state index is 12.6. The third-order valence-corrected chi connectivity index (χ3v) is 4.38. The second-order valence-electron chi connectivity index (χ2n) is 6.64. The fraction of sp³-hybridized carbons (Fsp3) is 0.444. The number of aromatic nitrogens is 3. The molecule has 0 spiro atoms. The Morgan fingerprint density at radius 3 is 2.72 bits per heavy atom. The Labute approximate surface area is 146 Å². The van der Waals surface area contributed by atoms with Crippen molar-refractivity contribution in [3.8, 4) is 0 Å². The number of hydrogen-bond acceptors (Lipinski definition) is 4. The summed E-state index contributed by atoms with van der Waals surface area (Å²) in [6.07, 6.45) is 1.56. The monoisotopic (exact) mass is 341 g/mol. The molecule has 2 aromatic rings. The van der Waals surface area contributed by atoms with Crippen molar-refractivity contribution in [1.82, 2.24) is 20.1 Å². The number of nitrogens with zero attached hydrogens (tertiary/aromatic N) is 3. The minimum atomic E-state index is -0.248. The van der Waals surface area contributed by atoms with E-state index in [1.165, 1.54) is 0 Å². The maximum Gasteiger partial charge on any atom is 0.253 e. The number of benzene rings is 1. The van der Waals surface area contributed by atoms with Gasteiger partial charge < -0.3 is 4.90 Å². The number of anilines is 1. The van der Waals surface area contributed by atoms with Crippen LogP contribution in [0.2, 0.25) is 0 Å². The van der Waals surface area contributed by atoms with E-state index in [0.717, 1.165) is 18.7 Å². The predicted molar refractivity (Wildman–Crippen MR) is 94.2 cm³/mol. The van der Waals surface area contributed by atoms with Gasteiger partial charge in [0.25, 0.3) is 5.91 Å². The van der Waals surface area contributed by atoms with Crippen LogP contribution in [0.25, 0.3) is 0 Å². The molecule has 132 valence electrons. The molecule has 1 aliphatic rings. The van der Waals surface area contributed by atoms with Crippen LogP contribution in [0, 0.1) is 5.92 Å². The zero-order valence-electron chi connectivity index (χ0n) is 14.5. The Hall–Kier alpha value is -2.70. The lowest BCUT2D eigenvalue weighted by molar-refractivity contribution is -0.121. The minimum absolute atomic E-state index is 0.0295. The normalized spacial score (nSPS) is 17.6. The second-order valence-corrected chi connectivity index (χ2v) is 6.64. The van der Waals surface area contributed by atoms with Gasteiger partial charge in [-0.25, -0.2) is 0 Å². The van der Waals surface area contributed by atoms with E-state index >= 15 is 0 Å². The van der Waals surface area contributed by atoms with Gasteiger partial charge in [0.15, 0.2) is 0 Å². The van der Waals surface area contributed by atoms with Crippen molar-refractivity contribution < 1.29 is 9.59 Å². The van der Waals surface area contributed by atoms with Crippen molar-refractivity contribution in [3.63, 3.8) is 0 Å². The molecule has 2 N–H and O–H groups in total. The molecule has 7 nitrogen and oxygen atoms in total. The first-order valence-corrected chi connectivity index (χ1v) is 8.62. The molecule has 0 saturated carbocycles. The first kappa shape index (κ1) is 17.1. The lowest BCUT2D eigenvalue weighted by Crippen LogP contribution is -2.43. The number of aromatic amines is 1. The number of H-pyrrole nitrogens is 1. The Morgan fingerprint density at radius 1 is 1.28 bits per heavy atom. The van der Waals surface area contributed by atoms with Crippen LogP contribution in [0.15, 0.2) is 30.3 Å². The maximum absolute atomic E-state index is 12.6. The molecule has 3 rings (SSSR count). The van der Waals surface area contributed by atoms with Crippen molar-refractivity contribution in [3.05, 3.63) is 41.7 Å². The van der Waals surface area contributed by atoms with Gasteiger partial charge in [0.1, 0.15) is 5.82 Å². The molecule has 1 atom stereocenters. The summed E-state index contributed by atoms with van der Waals surface area (Å²) in [4.78, 5) is 31.1. The van der Waals surface area contributed by atoms with Crippen molar-refractivity contribution in [2.24, 2.45) is 5.92 Å². The minimum Gasteiger partial charge on any atom is -0.338 e. The number of nitrogens with one attached hydrogen (secondary N) is 2. The van der Waals surface area contributed by atoms with Gasteiger partial charge in [-0.2, -0.15) is 4.98 Å².